The first kappa shape index (κ1) is 17.6. The van der Waals surface area contributed by atoms with E-state index in [1.807, 2.05) is 36.4 Å². The van der Waals surface area contributed by atoms with Crippen molar-refractivity contribution < 1.29 is 18.3 Å². The third kappa shape index (κ3) is 3.29. The molecular weight excluding hydrogens is 362 g/mol. The minimum Gasteiger partial charge on any atom is -0.465 e. The van der Waals surface area contributed by atoms with Gasteiger partial charge in [0, 0.05) is 24.5 Å². The standard InChI is InChI=1S/C21H19NO4S/c1-3-13-5-7-17(25-13)21(18-8-6-14(4-2)26-18)15-9-19-20(24-12-23-19)10-16(15)22-11-27/h5-10,21H,3-4,12H2,1-2H3. The van der Waals surface area contributed by atoms with Crippen LogP contribution < -0.4 is 9.47 Å². The highest BCUT2D eigenvalue weighted by Crippen LogP contribution is 2.45. The Bertz CT molecular complexity index is 971. The molecule has 1 aliphatic rings. The number of hydrogen-bond donors (Lipinski definition) is 0. The molecule has 6 heteroatoms. The molecule has 0 saturated carbocycles. The minimum atomic E-state index is -0.276. The second-order valence-electron chi connectivity index (χ2n) is 6.22. The molecule has 0 amide bonds. The molecule has 138 valence electrons. The van der Waals surface area contributed by atoms with Crippen LogP contribution in [0.4, 0.5) is 5.69 Å². The number of nitrogens with zero attached hydrogens (tertiary/aromatic N) is 1. The fourth-order valence-corrected chi connectivity index (χ4v) is 3.35. The van der Waals surface area contributed by atoms with E-state index < -0.39 is 0 Å². The van der Waals surface area contributed by atoms with Crippen molar-refractivity contribution in [1.82, 2.24) is 0 Å². The van der Waals surface area contributed by atoms with E-state index in [2.05, 4.69) is 24.0 Å². The molecule has 4 rings (SSSR count). The summed E-state index contributed by atoms with van der Waals surface area (Å²) in [6.07, 6.45) is 1.63. The van der Waals surface area contributed by atoms with Crippen LogP contribution in [0.2, 0.25) is 0 Å². The summed E-state index contributed by atoms with van der Waals surface area (Å²) in [7, 11) is 0. The lowest BCUT2D eigenvalue weighted by molar-refractivity contribution is 0.174. The van der Waals surface area contributed by atoms with Crippen molar-refractivity contribution in [2.45, 2.75) is 32.6 Å². The van der Waals surface area contributed by atoms with E-state index in [0.29, 0.717) is 17.2 Å². The number of thiocarbonyl (C=S) groups is 1. The highest BCUT2D eigenvalue weighted by atomic mass is 32.1. The summed E-state index contributed by atoms with van der Waals surface area (Å²) in [4.78, 5) is 4.26. The van der Waals surface area contributed by atoms with Crippen molar-refractivity contribution >= 4 is 23.1 Å². The summed E-state index contributed by atoms with van der Waals surface area (Å²) >= 11 is 4.85. The average molecular weight is 381 g/mol. The topological polar surface area (TPSA) is 57.1 Å². The summed E-state index contributed by atoms with van der Waals surface area (Å²) in [6.45, 7) is 4.30. The molecular formula is C21H19NO4S. The smallest absolute Gasteiger partial charge is 0.231 e. The highest BCUT2D eigenvalue weighted by molar-refractivity contribution is 7.78. The van der Waals surface area contributed by atoms with E-state index in [0.717, 1.165) is 41.4 Å². The van der Waals surface area contributed by atoms with Crippen molar-refractivity contribution in [3.8, 4) is 11.5 Å². The maximum Gasteiger partial charge on any atom is 0.231 e. The van der Waals surface area contributed by atoms with Crippen LogP contribution in [0, 0.1) is 0 Å². The Morgan fingerprint density at radius 2 is 1.56 bits per heavy atom. The summed E-state index contributed by atoms with van der Waals surface area (Å²) in [6, 6.07) is 11.7. The van der Waals surface area contributed by atoms with Gasteiger partial charge in [0.15, 0.2) is 11.5 Å². The van der Waals surface area contributed by atoms with E-state index in [4.69, 9.17) is 30.5 Å². The third-order valence-corrected chi connectivity index (χ3v) is 4.72. The van der Waals surface area contributed by atoms with Crippen LogP contribution in [-0.2, 0) is 12.8 Å². The zero-order valence-electron chi connectivity index (χ0n) is 15.2. The number of isothiocyanates is 1. The van der Waals surface area contributed by atoms with E-state index in [1.165, 1.54) is 0 Å². The van der Waals surface area contributed by atoms with Gasteiger partial charge >= 0.3 is 0 Å². The molecule has 0 N–H and O–H groups in total. The second-order valence-corrected chi connectivity index (χ2v) is 6.40. The Labute approximate surface area is 162 Å². The molecule has 0 spiro atoms. The Morgan fingerprint density at radius 1 is 0.963 bits per heavy atom. The third-order valence-electron chi connectivity index (χ3n) is 4.63. The molecule has 27 heavy (non-hydrogen) atoms. The van der Waals surface area contributed by atoms with Crippen LogP contribution >= 0.6 is 12.2 Å². The molecule has 3 heterocycles. The van der Waals surface area contributed by atoms with Crippen LogP contribution in [0.15, 0.2) is 50.2 Å². The number of benzene rings is 1. The average Bonchev–Trinajstić information content (AvgIpc) is 3.43. The number of rotatable bonds is 6. The summed E-state index contributed by atoms with van der Waals surface area (Å²) < 4.78 is 23.2. The van der Waals surface area contributed by atoms with Gasteiger partial charge < -0.3 is 18.3 Å². The van der Waals surface area contributed by atoms with E-state index in [1.54, 1.807) is 0 Å². The van der Waals surface area contributed by atoms with Gasteiger partial charge in [0.2, 0.25) is 6.79 Å². The molecule has 1 aliphatic heterocycles. The van der Waals surface area contributed by atoms with Gasteiger partial charge in [-0.25, -0.2) is 0 Å². The molecule has 0 radical (unpaired) electrons. The van der Waals surface area contributed by atoms with Crippen molar-refractivity contribution in [3.05, 3.63) is 65.0 Å². The molecule has 5 nitrogen and oxygen atoms in total. The van der Waals surface area contributed by atoms with Crippen LogP contribution in [0.5, 0.6) is 11.5 Å². The normalized spacial score (nSPS) is 12.4. The van der Waals surface area contributed by atoms with Gasteiger partial charge in [0.1, 0.15) is 29.0 Å². The van der Waals surface area contributed by atoms with Crippen molar-refractivity contribution in [2.75, 3.05) is 6.79 Å². The first-order chi connectivity index (χ1) is 13.2. The maximum absolute atomic E-state index is 6.08. The lowest BCUT2D eigenvalue weighted by Crippen LogP contribution is -2.02. The van der Waals surface area contributed by atoms with Gasteiger partial charge in [-0.05, 0) is 42.5 Å². The van der Waals surface area contributed by atoms with Crippen molar-refractivity contribution in [3.63, 3.8) is 0 Å². The Balaban J connectivity index is 1.91. The van der Waals surface area contributed by atoms with E-state index >= 15 is 0 Å². The SMILES string of the molecule is CCc1ccc(C(c2ccc(CC)o2)c2cc3c(cc2N=C=S)OCO3)o1. The van der Waals surface area contributed by atoms with E-state index in [9.17, 15) is 0 Å². The molecule has 0 bridgehead atoms. The first-order valence-corrected chi connectivity index (χ1v) is 9.33. The molecule has 2 aromatic heterocycles. The summed E-state index contributed by atoms with van der Waals surface area (Å²) in [5.74, 6) is 4.43. The predicted octanol–water partition coefficient (Wildman–Crippen LogP) is 5.64. The second kappa shape index (κ2) is 7.43. The molecule has 0 saturated heterocycles. The summed E-state index contributed by atoms with van der Waals surface area (Å²) in [5, 5.41) is 2.46. The zero-order chi connectivity index (χ0) is 18.8. The highest BCUT2D eigenvalue weighted by Gasteiger charge is 2.29. The maximum atomic E-state index is 6.08. The Hall–Kier alpha value is -2.82. The molecule has 1 aromatic carbocycles. The Kier molecular flexibility index (Phi) is 4.84. The quantitative estimate of drug-likeness (QED) is 0.408. The van der Waals surface area contributed by atoms with Crippen LogP contribution in [0.3, 0.4) is 0 Å². The molecule has 0 unspecified atom stereocenters. The minimum absolute atomic E-state index is 0.186. The number of furan rings is 2. The first-order valence-electron chi connectivity index (χ1n) is 8.92. The largest absolute Gasteiger partial charge is 0.465 e. The van der Waals surface area contributed by atoms with E-state index in [-0.39, 0.29) is 12.7 Å². The fourth-order valence-electron chi connectivity index (χ4n) is 3.25. The predicted molar refractivity (Wildman–Crippen MR) is 104 cm³/mol. The van der Waals surface area contributed by atoms with Gasteiger partial charge in [-0.15, -0.1) is 0 Å². The van der Waals surface area contributed by atoms with Gasteiger partial charge in [-0.2, -0.15) is 4.99 Å². The van der Waals surface area contributed by atoms with Crippen molar-refractivity contribution in [1.29, 1.82) is 0 Å². The van der Waals surface area contributed by atoms with Gasteiger partial charge in [0.25, 0.3) is 0 Å². The Morgan fingerprint density at radius 3 is 2.07 bits per heavy atom. The molecule has 0 fully saturated rings. The van der Waals surface area contributed by atoms with Gasteiger partial charge in [-0.1, -0.05) is 13.8 Å². The zero-order valence-corrected chi connectivity index (χ0v) is 16.0. The molecule has 3 aromatic rings. The summed E-state index contributed by atoms with van der Waals surface area (Å²) in [5.41, 5.74) is 1.52. The van der Waals surface area contributed by atoms with Crippen molar-refractivity contribution in [2.24, 2.45) is 4.99 Å². The number of fused-ring (bicyclic) bond motifs is 1. The van der Waals surface area contributed by atoms with Crippen LogP contribution in [-0.4, -0.2) is 12.0 Å². The number of ether oxygens (including phenoxy) is 2. The molecule has 0 aliphatic carbocycles. The van der Waals surface area contributed by atoms with Crippen LogP contribution in [0.25, 0.3) is 0 Å². The fraction of sp³-hybridized carbons (Fsp3) is 0.286. The monoisotopic (exact) mass is 381 g/mol. The van der Waals surface area contributed by atoms with Crippen LogP contribution in [0.1, 0.15) is 48.4 Å². The lowest BCUT2D eigenvalue weighted by atomic mass is 9.92. The number of hydrogen-bond acceptors (Lipinski definition) is 6. The van der Waals surface area contributed by atoms with Gasteiger partial charge in [0.05, 0.1) is 10.8 Å². The van der Waals surface area contributed by atoms with Gasteiger partial charge in [-0.3, -0.25) is 0 Å². The molecule has 0 atom stereocenters. The number of aryl methyl sites for hydroxylation is 2. The number of aliphatic imine (C=N–C) groups is 1. The lowest BCUT2D eigenvalue weighted by Gasteiger charge is -2.16.